The zero-order valence-corrected chi connectivity index (χ0v) is 9.10. The van der Waals surface area contributed by atoms with Crippen molar-refractivity contribution in [1.82, 2.24) is 5.32 Å². The van der Waals surface area contributed by atoms with E-state index in [1.54, 1.807) is 0 Å². The largest absolute Gasteiger partial charge is 0.484 e. The van der Waals surface area contributed by atoms with E-state index in [2.05, 4.69) is 28.2 Å². The Balaban J connectivity index is 2.13. The van der Waals surface area contributed by atoms with Gasteiger partial charge in [0.1, 0.15) is 11.4 Å². The lowest BCUT2D eigenvalue weighted by Crippen LogP contribution is -2.61. The maximum Gasteiger partial charge on any atom is 0.134 e. The smallest absolute Gasteiger partial charge is 0.134 e. The molecule has 70 valence electrons. The Morgan fingerprint density at radius 1 is 1.38 bits per heavy atom. The summed E-state index contributed by atoms with van der Waals surface area (Å²) >= 11 is 3.46. The highest BCUT2D eigenvalue weighted by Crippen LogP contribution is 2.28. The molecule has 0 saturated carbocycles. The van der Waals surface area contributed by atoms with Crippen molar-refractivity contribution < 1.29 is 4.74 Å². The first-order valence-corrected chi connectivity index (χ1v) is 5.13. The molecule has 0 unspecified atom stereocenters. The average Bonchev–Trinajstić information content (AvgIpc) is 2.06. The summed E-state index contributed by atoms with van der Waals surface area (Å²) in [6.45, 7) is 3.96. The van der Waals surface area contributed by atoms with Crippen LogP contribution >= 0.6 is 15.9 Å². The van der Waals surface area contributed by atoms with Crippen molar-refractivity contribution >= 4 is 15.9 Å². The van der Waals surface area contributed by atoms with Crippen molar-refractivity contribution in [1.29, 1.82) is 0 Å². The zero-order chi connectivity index (χ0) is 9.31. The number of halogens is 1. The van der Waals surface area contributed by atoms with Crippen LogP contribution in [0.5, 0.6) is 5.75 Å². The Morgan fingerprint density at radius 2 is 2.08 bits per heavy atom. The van der Waals surface area contributed by atoms with Crippen molar-refractivity contribution in [3.8, 4) is 5.75 Å². The molecule has 0 aromatic heterocycles. The van der Waals surface area contributed by atoms with Crippen molar-refractivity contribution in [2.24, 2.45) is 0 Å². The number of ether oxygens (including phenoxy) is 1. The van der Waals surface area contributed by atoms with Crippen LogP contribution in [0.1, 0.15) is 6.92 Å². The van der Waals surface area contributed by atoms with E-state index in [9.17, 15) is 0 Å². The lowest BCUT2D eigenvalue weighted by atomic mass is 10.00. The van der Waals surface area contributed by atoms with Crippen LogP contribution in [0, 0.1) is 0 Å². The van der Waals surface area contributed by atoms with Gasteiger partial charge < -0.3 is 10.1 Å². The van der Waals surface area contributed by atoms with Gasteiger partial charge in [-0.1, -0.05) is 12.1 Å². The fourth-order valence-corrected chi connectivity index (χ4v) is 1.71. The van der Waals surface area contributed by atoms with Crippen LogP contribution in [0.2, 0.25) is 0 Å². The van der Waals surface area contributed by atoms with E-state index in [0.717, 1.165) is 23.3 Å². The summed E-state index contributed by atoms with van der Waals surface area (Å²) in [5.41, 5.74) is -0.0239. The molecular weight excluding hydrogens is 230 g/mol. The van der Waals surface area contributed by atoms with Gasteiger partial charge in [-0.05, 0) is 35.0 Å². The Hall–Kier alpha value is -0.540. The number of para-hydroxylation sites is 1. The molecule has 13 heavy (non-hydrogen) atoms. The first-order valence-electron chi connectivity index (χ1n) is 4.34. The van der Waals surface area contributed by atoms with Gasteiger partial charge in [-0.2, -0.15) is 0 Å². The van der Waals surface area contributed by atoms with E-state index >= 15 is 0 Å². The highest BCUT2D eigenvalue weighted by molar-refractivity contribution is 9.10. The van der Waals surface area contributed by atoms with Gasteiger partial charge in [-0.15, -0.1) is 0 Å². The third-order valence-electron chi connectivity index (χ3n) is 2.19. The van der Waals surface area contributed by atoms with Crippen LogP contribution in [0.25, 0.3) is 0 Å². The number of hydrogen-bond acceptors (Lipinski definition) is 2. The molecule has 0 bridgehead atoms. The van der Waals surface area contributed by atoms with Gasteiger partial charge in [0.25, 0.3) is 0 Å². The highest BCUT2D eigenvalue weighted by Gasteiger charge is 2.34. The van der Waals surface area contributed by atoms with Crippen LogP contribution in [0.15, 0.2) is 28.7 Å². The molecule has 0 amide bonds. The van der Waals surface area contributed by atoms with E-state index in [1.807, 2.05) is 24.3 Å². The summed E-state index contributed by atoms with van der Waals surface area (Å²) in [6, 6.07) is 7.94. The molecule has 1 N–H and O–H groups in total. The van der Waals surface area contributed by atoms with E-state index < -0.39 is 0 Å². The Labute approximate surface area is 86.4 Å². The van der Waals surface area contributed by atoms with Gasteiger partial charge in [0.2, 0.25) is 0 Å². The number of rotatable bonds is 2. The van der Waals surface area contributed by atoms with Gasteiger partial charge >= 0.3 is 0 Å². The predicted molar refractivity (Wildman–Crippen MR) is 56.0 cm³/mol. The Kier molecular flexibility index (Phi) is 2.30. The molecule has 1 aliphatic rings. The Morgan fingerprint density at radius 3 is 2.62 bits per heavy atom. The molecule has 0 aliphatic carbocycles. The molecule has 1 aliphatic heterocycles. The molecule has 1 fully saturated rings. The first-order chi connectivity index (χ1) is 6.20. The van der Waals surface area contributed by atoms with Crippen LogP contribution in [-0.2, 0) is 0 Å². The van der Waals surface area contributed by atoms with E-state index in [4.69, 9.17) is 4.74 Å². The fourth-order valence-electron chi connectivity index (χ4n) is 1.34. The first kappa shape index (κ1) is 9.03. The minimum absolute atomic E-state index is 0.0239. The molecule has 1 saturated heterocycles. The minimum atomic E-state index is -0.0239. The summed E-state index contributed by atoms with van der Waals surface area (Å²) in [4.78, 5) is 0. The van der Waals surface area contributed by atoms with Crippen molar-refractivity contribution in [3.05, 3.63) is 28.7 Å². The molecule has 1 heterocycles. The second-order valence-corrected chi connectivity index (χ2v) is 4.44. The molecule has 0 spiro atoms. The van der Waals surface area contributed by atoms with Gasteiger partial charge in [0.05, 0.1) is 4.47 Å². The van der Waals surface area contributed by atoms with Gasteiger partial charge in [0, 0.05) is 13.1 Å². The highest BCUT2D eigenvalue weighted by atomic mass is 79.9. The average molecular weight is 242 g/mol. The second-order valence-electron chi connectivity index (χ2n) is 3.59. The quantitative estimate of drug-likeness (QED) is 0.858. The van der Waals surface area contributed by atoms with Gasteiger partial charge in [-0.25, -0.2) is 0 Å². The van der Waals surface area contributed by atoms with Crippen molar-refractivity contribution in [2.45, 2.75) is 12.5 Å². The number of nitrogens with one attached hydrogen (secondary N) is 1. The molecule has 1 aromatic carbocycles. The third kappa shape index (κ3) is 1.86. The summed E-state index contributed by atoms with van der Waals surface area (Å²) in [7, 11) is 0. The van der Waals surface area contributed by atoms with Crippen LogP contribution < -0.4 is 10.1 Å². The molecular formula is C10H12BrNO. The minimum Gasteiger partial charge on any atom is -0.484 e. The molecule has 0 atom stereocenters. The zero-order valence-electron chi connectivity index (χ0n) is 7.51. The number of hydrogen-bond donors (Lipinski definition) is 1. The van der Waals surface area contributed by atoms with Gasteiger partial charge in [0.15, 0.2) is 0 Å². The summed E-state index contributed by atoms with van der Waals surface area (Å²) < 4.78 is 6.88. The molecule has 1 aromatic rings. The third-order valence-corrected chi connectivity index (χ3v) is 2.85. The van der Waals surface area contributed by atoms with Crippen molar-refractivity contribution in [3.63, 3.8) is 0 Å². The van der Waals surface area contributed by atoms with Crippen LogP contribution in [0.3, 0.4) is 0 Å². The van der Waals surface area contributed by atoms with Gasteiger partial charge in [-0.3, -0.25) is 0 Å². The topological polar surface area (TPSA) is 21.3 Å². The van der Waals surface area contributed by atoms with Crippen LogP contribution in [0.4, 0.5) is 0 Å². The molecule has 0 radical (unpaired) electrons. The second kappa shape index (κ2) is 3.31. The fraction of sp³-hybridized carbons (Fsp3) is 0.400. The number of benzene rings is 1. The maximum atomic E-state index is 5.86. The predicted octanol–water partition coefficient (Wildman–Crippen LogP) is 2.19. The maximum absolute atomic E-state index is 5.86. The van der Waals surface area contributed by atoms with E-state index in [0.29, 0.717) is 0 Å². The monoisotopic (exact) mass is 241 g/mol. The SMILES string of the molecule is CC1(Oc2ccccc2Br)CNC1. The van der Waals surface area contributed by atoms with E-state index in [1.165, 1.54) is 0 Å². The Bertz CT molecular complexity index is 310. The molecule has 2 nitrogen and oxygen atoms in total. The summed E-state index contributed by atoms with van der Waals surface area (Å²) in [5.74, 6) is 0.923. The standard InChI is InChI=1S/C10H12BrNO/c1-10(6-12-7-10)13-9-5-3-2-4-8(9)11/h2-5,12H,6-7H2,1H3. The molecule has 3 heteroatoms. The normalized spacial score (nSPS) is 19.2. The van der Waals surface area contributed by atoms with E-state index in [-0.39, 0.29) is 5.60 Å². The lowest BCUT2D eigenvalue weighted by molar-refractivity contribution is 0.0341. The van der Waals surface area contributed by atoms with Crippen LogP contribution in [-0.4, -0.2) is 18.7 Å². The molecule has 2 rings (SSSR count). The lowest BCUT2D eigenvalue weighted by Gasteiger charge is -2.39. The van der Waals surface area contributed by atoms with Crippen molar-refractivity contribution in [2.75, 3.05) is 13.1 Å². The summed E-state index contributed by atoms with van der Waals surface area (Å²) in [5, 5.41) is 3.20. The summed E-state index contributed by atoms with van der Waals surface area (Å²) in [6.07, 6.45) is 0.